The highest BCUT2D eigenvalue weighted by atomic mass is 19.1. The largest absolute Gasteiger partial charge is 0.392 e. The molecule has 1 aromatic carbocycles. The maximum atomic E-state index is 14.0. The number of nitrogens with zero attached hydrogens (tertiary/aromatic N) is 3. The topological polar surface area (TPSA) is 62.4 Å². The Morgan fingerprint density at radius 1 is 1.39 bits per heavy atom. The molecule has 0 bridgehead atoms. The summed E-state index contributed by atoms with van der Waals surface area (Å²) >= 11 is 0. The summed E-state index contributed by atoms with van der Waals surface area (Å²) in [6.45, 7) is 2.70. The second-order valence-electron chi connectivity index (χ2n) is 5.85. The Morgan fingerprint density at radius 2 is 2.22 bits per heavy atom. The van der Waals surface area contributed by atoms with Crippen LogP contribution in [0.5, 0.6) is 0 Å². The number of aliphatic hydroxyl groups excluding tert-OH is 1. The van der Waals surface area contributed by atoms with E-state index < -0.39 is 23.8 Å². The van der Waals surface area contributed by atoms with E-state index in [0.717, 1.165) is 18.6 Å². The number of rotatable bonds is 5. The number of aryl methyl sites for hydroxylation is 1. The molecule has 0 unspecified atom stereocenters. The minimum absolute atomic E-state index is 0.249. The molecule has 0 aliphatic carbocycles. The second kappa shape index (κ2) is 6.72. The molecule has 1 aromatic heterocycles. The fourth-order valence-corrected chi connectivity index (χ4v) is 3.00. The molecule has 3 rings (SSSR count). The van der Waals surface area contributed by atoms with E-state index in [0.29, 0.717) is 37.6 Å². The zero-order valence-electron chi connectivity index (χ0n) is 12.9. The molecule has 5 nitrogen and oxygen atoms in total. The lowest BCUT2D eigenvalue weighted by Crippen LogP contribution is -2.25. The van der Waals surface area contributed by atoms with E-state index in [1.807, 2.05) is 11.8 Å². The Balaban J connectivity index is 1.80. The Bertz CT molecular complexity index is 677. The minimum Gasteiger partial charge on any atom is -0.392 e. The van der Waals surface area contributed by atoms with Gasteiger partial charge in [-0.3, -0.25) is 4.90 Å². The monoisotopic (exact) mass is 323 g/mol. The molecule has 23 heavy (non-hydrogen) atoms. The van der Waals surface area contributed by atoms with Crippen LogP contribution >= 0.6 is 0 Å². The number of halogens is 2. The van der Waals surface area contributed by atoms with Crippen molar-refractivity contribution in [3.63, 3.8) is 0 Å². The fraction of sp³-hybridized carbons (Fsp3) is 0.500. The van der Waals surface area contributed by atoms with Gasteiger partial charge in [0.1, 0.15) is 11.6 Å². The summed E-state index contributed by atoms with van der Waals surface area (Å²) in [5.41, 5.74) is 0.249. The maximum Gasteiger partial charge on any atom is 0.226 e. The van der Waals surface area contributed by atoms with E-state index in [1.165, 1.54) is 6.07 Å². The van der Waals surface area contributed by atoms with E-state index in [1.54, 1.807) is 0 Å². The predicted octanol–water partition coefficient (Wildman–Crippen LogP) is 2.61. The summed E-state index contributed by atoms with van der Waals surface area (Å²) in [7, 11) is 0. The van der Waals surface area contributed by atoms with E-state index >= 15 is 0 Å². The fourth-order valence-electron chi connectivity index (χ4n) is 3.00. The van der Waals surface area contributed by atoms with Gasteiger partial charge in [0.25, 0.3) is 0 Å². The van der Waals surface area contributed by atoms with Crippen molar-refractivity contribution in [2.75, 3.05) is 6.54 Å². The van der Waals surface area contributed by atoms with E-state index in [2.05, 4.69) is 10.1 Å². The summed E-state index contributed by atoms with van der Waals surface area (Å²) < 4.78 is 32.6. The van der Waals surface area contributed by atoms with Gasteiger partial charge in [-0.2, -0.15) is 4.98 Å². The summed E-state index contributed by atoms with van der Waals surface area (Å²) in [4.78, 5) is 6.14. The molecule has 1 fully saturated rings. The van der Waals surface area contributed by atoms with Gasteiger partial charge in [0.15, 0.2) is 5.82 Å². The van der Waals surface area contributed by atoms with Crippen LogP contribution in [0.25, 0.3) is 0 Å². The van der Waals surface area contributed by atoms with Gasteiger partial charge in [0, 0.05) is 24.6 Å². The number of likely N-dealkylation sites (tertiary alicyclic amines) is 1. The van der Waals surface area contributed by atoms with Crippen LogP contribution in [0.2, 0.25) is 0 Å². The Morgan fingerprint density at radius 3 is 3.00 bits per heavy atom. The number of β-amino-alcohol motifs (C(OH)–C–C–N with tert-alkyl or cyclic N) is 1. The van der Waals surface area contributed by atoms with E-state index in [9.17, 15) is 13.9 Å². The molecule has 1 aliphatic heterocycles. The van der Waals surface area contributed by atoms with Crippen LogP contribution in [-0.4, -0.2) is 32.8 Å². The zero-order valence-corrected chi connectivity index (χ0v) is 12.9. The van der Waals surface area contributed by atoms with Crippen molar-refractivity contribution >= 4 is 0 Å². The van der Waals surface area contributed by atoms with Crippen LogP contribution in [0.3, 0.4) is 0 Å². The Labute approximate surface area is 132 Å². The molecule has 1 N–H and O–H groups in total. The first-order chi connectivity index (χ1) is 11.1. The van der Waals surface area contributed by atoms with Crippen LogP contribution < -0.4 is 0 Å². The third-order valence-electron chi connectivity index (χ3n) is 4.02. The van der Waals surface area contributed by atoms with Gasteiger partial charge in [-0.05, 0) is 31.0 Å². The normalized spacial score (nSPS) is 21.9. The predicted molar refractivity (Wildman–Crippen MR) is 78.4 cm³/mol. The van der Waals surface area contributed by atoms with Crippen molar-refractivity contribution in [2.24, 2.45) is 0 Å². The second-order valence-corrected chi connectivity index (χ2v) is 5.85. The number of benzene rings is 1. The zero-order chi connectivity index (χ0) is 16.4. The third-order valence-corrected chi connectivity index (χ3v) is 4.02. The van der Waals surface area contributed by atoms with Crippen molar-refractivity contribution in [1.29, 1.82) is 0 Å². The molecule has 7 heteroatoms. The molecule has 2 heterocycles. The first-order valence-electron chi connectivity index (χ1n) is 7.75. The molecule has 0 amide bonds. The number of aromatic nitrogens is 2. The average molecular weight is 323 g/mol. The first kappa shape index (κ1) is 16.0. The van der Waals surface area contributed by atoms with Gasteiger partial charge in [0.05, 0.1) is 12.6 Å². The van der Waals surface area contributed by atoms with Crippen LogP contribution in [0.4, 0.5) is 8.78 Å². The highest BCUT2D eigenvalue weighted by Gasteiger charge is 2.34. The van der Waals surface area contributed by atoms with Gasteiger partial charge < -0.3 is 9.63 Å². The minimum atomic E-state index is -0.593. The van der Waals surface area contributed by atoms with Crippen LogP contribution in [0, 0.1) is 11.6 Å². The Kier molecular flexibility index (Phi) is 4.68. The average Bonchev–Trinajstić information content (AvgIpc) is 3.09. The van der Waals surface area contributed by atoms with Gasteiger partial charge in [0.2, 0.25) is 5.89 Å². The maximum absolute atomic E-state index is 14.0. The standard InChI is InChI=1S/C16H19F2N3O2/c1-2-3-16-19-15(20-23-16)9-21-8-11(22)7-14(21)12-6-10(17)4-5-13(12)18/h4-6,11,14,22H,2-3,7-9H2,1H3/t11-,14+/m1/s1. The van der Waals surface area contributed by atoms with Crippen LogP contribution in [0.1, 0.15) is 43.1 Å². The molecule has 1 saturated heterocycles. The smallest absolute Gasteiger partial charge is 0.226 e. The van der Waals surface area contributed by atoms with Crippen molar-refractivity contribution in [3.8, 4) is 0 Å². The van der Waals surface area contributed by atoms with Crippen LogP contribution in [-0.2, 0) is 13.0 Å². The quantitative estimate of drug-likeness (QED) is 0.916. The Hall–Kier alpha value is -1.86. The number of aliphatic hydroxyl groups is 1. The molecular formula is C16H19F2N3O2. The van der Waals surface area contributed by atoms with E-state index in [4.69, 9.17) is 4.52 Å². The summed E-state index contributed by atoms with van der Waals surface area (Å²) in [6.07, 6.45) is 1.36. The molecule has 124 valence electrons. The van der Waals surface area contributed by atoms with Crippen molar-refractivity contribution < 1.29 is 18.4 Å². The summed E-state index contributed by atoms with van der Waals surface area (Å²) in [5.74, 6) is 0.0860. The summed E-state index contributed by atoms with van der Waals surface area (Å²) in [6, 6.07) is 2.98. The molecular weight excluding hydrogens is 304 g/mol. The highest BCUT2D eigenvalue weighted by Crippen LogP contribution is 2.34. The van der Waals surface area contributed by atoms with E-state index in [-0.39, 0.29) is 5.56 Å². The summed E-state index contributed by atoms with van der Waals surface area (Å²) in [5, 5.41) is 13.9. The molecule has 2 aromatic rings. The van der Waals surface area contributed by atoms with Crippen molar-refractivity contribution in [1.82, 2.24) is 15.0 Å². The lowest BCUT2D eigenvalue weighted by molar-refractivity contribution is 0.170. The lowest BCUT2D eigenvalue weighted by atomic mass is 10.0. The van der Waals surface area contributed by atoms with Crippen LogP contribution in [0.15, 0.2) is 22.7 Å². The van der Waals surface area contributed by atoms with Gasteiger partial charge in [-0.1, -0.05) is 12.1 Å². The van der Waals surface area contributed by atoms with Gasteiger partial charge in [-0.15, -0.1) is 0 Å². The third kappa shape index (κ3) is 3.56. The van der Waals surface area contributed by atoms with Gasteiger partial charge >= 0.3 is 0 Å². The SMILES string of the molecule is CCCc1nc(CN2C[C@H](O)C[C@H]2c2cc(F)ccc2F)no1. The highest BCUT2D eigenvalue weighted by molar-refractivity contribution is 5.24. The van der Waals surface area contributed by atoms with Crippen molar-refractivity contribution in [2.45, 2.75) is 44.9 Å². The number of hydrogen-bond acceptors (Lipinski definition) is 5. The van der Waals surface area contributed by atoms with Gasteiger partial charge in [-0.25, -0.2) is 8.78 Å². The molecule has 1 aliphatic rings. The number of hydrogen-bond donors (Lipinski definition) is 1. The molecule has 2 atom stereocenters. The molecule has 0 radical (unpaired) electrons. The lowest BCUT2D eigenvalue weighted by Gasteiger charge is -2.23. The first-order valence-corrected chi connectivity index (χ1v) is 7.75. The molecule has 0 spiro atoms. The van der Waals surface area contributed by atoms with Crippen molar-refractivity contribution in [3.05, 3.63) is 47.1 Å². The molecule has 0 saturated carbocycles.